The quantitative estimate of drug-likeness (QED) is 0.613. The number of carbonyl (C=O) groups excluding carboxylic acids is 1. The molecule has 0 radical (unpaired) electrons. The maximum atomic E-state index is 12.1. The van der Waals surface area contributed by atoms with E-state index in [0.29, 0.717) is 12.1 Å². The zero-order valence-electron chi connectivity index (χ0n) is 10.2. The minimum absolute atomic E-state index is 0.472. The molecule has 1 rings (SSSR count). The number of aromatic carboxylic acids is 1. The first-order chi connectivity index (χ1) is 9.51. The number of halogens is 3. The smallest absolute Gasteiger partial charge is 0.478 e. The third kappa shape index (κ3) is 4.61. The van der Waals surface area contributed by atoms with Gasteiger partial charge < -0.3 is 25.8 Å². The largest absolute Gasteiger partial charge is 0.573 e. The number of primary amides is 1. The van der Waals surface area contributed by atoms with Crippen molar-refractivity contribution in [3.05, 3.63) is 29.3 Å². The van der Waals surface area contributed by atoms with E-state index in [9.17, 15) is 33.0 Å². The van der Waals surface area contributed by atoms with Gasteiger partial charge in [-0.05, 0) is 23.8 Å². The minimum Gasteiger partial charge on any atom is -0.478 e. The fraction of sp³-hybridized carbons (Fsp3) is 0.273. The van der Waals surface area contributed by atoms with Gasteiger partial charge >= 0.3 is 12.3 Å². The van der Waals surface area contributed by atoms with Gasteiger partial charge in [-0.15, -0.1) is 13.2 Å². The van der Waals surface area contributed by atoms with E-state index in [1.807, 2.05) is 0 Å². The maximum absolute atomic E-state index is 12.1. The average Bonchev–Trinajstić information content (AvgIpc) is 2.34. The van der Waals surface area contributed by atoms with Gasteiger partial charge in [-0.1, -0.05) is 0 Å². The molecule has 5 N–H and O–H groups in total. The van der Waals surface area contributed by atoms with Crippen molar-refractivity contribution in [3.8, 4) is 5.75 Å². The number of carboxylic acids is 1. The summed E-state index contributed by atoms with van der Waals surface area (Å²) in [5, 5.41) is 27.7. The molecule has 0 saturated heterocycles. The van der Waals surface area contributed by atoms with Gasteiger partial charge in [-0.2, -0.15) is 0 Å². The Morgan fingerprint density at radius 3 is 2.19 bits per heavy atom. The van der Waals surface area contributed by atoms with E-state index in [2.05, 4.69) is 4.74 Å². The van der Waals surface area contributed by atoms with Gasteiger partial charge in [0.2, 0.25) is 5.91 Å². The lowest BCUT2D eigenvalue weighted by atomic mass is 10.0. The van der Waals surface area contributed by atoms with Crippen LogP contribution in [-0.2, 0) is 4.79 Å². The van der Waals surface area contributed by atoms with Gasteiger partial charge in [-0.25, -0.2) is 4.79 Å². The lowest BCUT2D eigenvalue weighted by molar-refractivity contribution is -0.274. The van der Waals surface area contributed by atoms with E-state index < -0.39 is 47.3 Å². The molecule has 0 bridgehead atoms. The summed E-state index contributed by atoms with van der Waals surface area (Å²) >= 11 is 0. The normalized spacial score (nSPS) is 14.3. The Hall–Kier alpha value is -2.33. The van der Waals surface area contributed by atoms with Gasteiger partial charge in [0.1, 0.15) is 11.9 Å². The molecule has 1 aromatic rings. The second-order valence-electron chi connectivity index (χ2n) is 3.94. The van der Waals surface area contributed by atoms with Crippen molar-refractivity contribution in [3.63, 3.8) is 0 Å². The number of carboxylic acid groups (broad SMARTS) is 1. The Kier molecular flexibility index (Phi) is 4.76. The molecular weight excluding hydrogens is 299 g/mol. The second-order valence-corrected chi connectivity index (χ2v) is 3.94. The Morgan fingerprint density at radius 1 is 1.19 bits per heavy atom. The van der Waals surface area contributed by atoms with Crippen LogP contribution in [0, 0.1) is 0 Å². The Morgan fingerprint density at radius 2 is 1.76 bits per heavy atom. The molecule has 0 aliphatic heterocycles. The summed E-state index contributed by atoms with van der Waals surface area (Å²) in [7, 11) is 0. The van der Waals surface area contributed by atoms with E-state index in [1.54, 1.807) is 0 Å². The first-order valence-electron chi connectivity index (χ1n) is 5.30. The molecule has 0 aromatic heterocycles. The molecule has 0 fully saturated rings. The molecule has 0 saturated carbocycles. The summed E-state index contributed by atoms with van der Waals surface area (Å²) in [5.74, 6) is -3.85. The molecule has 21 heavy (non-hydrogen) atoms. The average molecular weight is 309 g/mol. The third-order valence-electron chi connectivity index (χ3n) is 2.34. The summed E-state index contributed by atoms with van der Waals surface area (Å²) < 4.78 is 40.0. The number of aliphatic hydroxyl groups excluding tert-OH is 2. The number of nitrogens with two attached hydrogens (primary N) is 1. The van der Waals surface area contributed by atoms with Crippen LogP contribution in [0.1, 0.15) is 22.0 Å². The highest BCUT2D eigenvalue weighted by Crippen LogP contribution is 2.28. The lowest BCUT2D eigenvalue weighted by Gasteiger charge is -2.17. The summed E-state index contributed by atoms with van der Waals surface area (Å²) in [5.41, 5.74) is 3.63. The van der Waals surface area contributed by atoms with Gasteiger partial charge in [0.05, 0.1) is 5.56 Å². The molecule has 1 amide bonds. The van der Waals surface area contributed by atoms with Crippen molar-refractivity contribution in [1.82, 2.24) is 0 Å². The number of carbonyl (C=O) groups is 2. The van der Waals surface area contributed by atoms with Gasteiger partial charge in [0.25, 0.3) is 0 Å². The number of ether oxygens (including phenoxy) is 1. The van der Waals surface area contributed by atoms with E-state index in [1.165, 1.54) is 0 Å². The van der Waals surface area contributed by atoms with Gasteiger partial charge in [0.15, 0.2) is 6.10 Å². The van der Waals surface area contributed by atoms with E-state index in [0.717, 1.165) is 6.07 Å². The van der Waals surface area contributed by atoms with Crippen molar-refractivity contribution >= 4 is 11.9 Å². The molecule has 0 heterocycles. The molecule has 2 atom stereocenters. The SMILES string of the molecule is NC(=O)C(O)C(O)c1cc(OC(F)(F)F)cc(C(=O)O)c1. The second kappa shape index (κ2) is 5.97. The molecule has 116 valence electrons. The predicted molar refractivity (Wildman–Crippen MR) is 60.2 cm³/mol. The van der Waals surface area contributed by atoms with Crippen LogP contribution < -0.4 is 10.5 Å². The third-order valence-corrected chi connectivity index (χ3v) is 2.34. The molecule has 10 heteroatoms. The van der Waals surface area contributed by atoms with Crippen LogP contribution in [-0.4, -0.2) is 39.7 Å². The molecule has 0 aliphatic carbocycles. The van der Waals surface area contributed by atoms with Crippen molar-refractivity contribution in [2.75, 3.05) is 0 Å². The number of hydrogen-bond donors (Lipinski definition) is 4. The van der Waals surface area contributed by atoms with Gasteiger partial charge in [-0.3, -0.25) is 4.79 Å². The Bertz CT molecular complexity index is 559. The standard InChI is InChI=1S/C11H10F3NO6/c12-11(13,14)21-6-2-4(1-5(3-6)10(19)20)7(16)8(17)9(15)18/h1-3,7-8,16-17H,(H2,15,18)(H,19,20). The van der Waals surface area contributed by atoms with Crippen LogP contribution in [0.25, 0.3) is 0 Å². The number of alkyl halides is 3. The van der Waals surface area contributed by atoms with Crippen LogP contribution in [0.3, 0.4) is 0 Å². The molecule has 1 aromatic carbocycles. The highest BCUT2D eigenvalue weighted by molar-refractivity contribution is 5.88. The van der Waals surface area contributed by atoms with E-state index in [4.69, 9.17) is 10.8 Å². The zero-order valence-corrected chi connectivity index (χ0v) is 10.2. The molecule has 7 nitrogen and oxygen atoms in total. The number of hydrogen-bond acceptors (Lipinski definition) is 5. The van der Waals surface area contributed by atoms with Crippen LogP contribution >= 0.6 is 0 Å². The van der Waals surface area contributed by atoms with Gasteiger partial charge in [0, 0.05) is 0 Å². The highest BCUT2D eigenvalue weighted by Gasteiger charge is 2.32. The van der Waals surface area contributed by atoms with E-state index >= 15 is 0 Å². The van der Waals surface area contributed by atoms with Crippen molar-refractivity contribution in [2.45, 2.75) is 18.6 Å². The van der Waals surface area contributed by atoms with Crippen LogP contribution in [0.4, 0.5) is 13.2 Å². The first-order valence-corrected chi connectivity index (χ1v) is 5.30. The van der Waals surface area contributed by atoms with Crippen LogP contribution in [0.15, 0.2) is 18.2 Å². The molecule has 2 unspecified atom stereocenters. The molecule has 0 aliphatic rings. The number of aliphatic hydroxyl groups is 2. The Labute approximate surface area is 115 Å². The highest BCUT2D eigenvalue weighted by atomic mass is 19.4. The van der Waals surface area contributed by atoms with E-state index in [-0.39, 0.29) is 0 Å². The molecular formula is C11H10F3NO6. The van der Waals surface area contributed by atoms with Crippen LogP contribution in [0.2, 0.25) is 0 Å². The first kappa shape index (κ1) is 16.7. The fourth-order valence-corrected chi connectivity index (χ4v) is 1.45. The summed E-state index contributed by atoms with van der Waals surface area (Å²) in [6, 6.07) is 1.99. The summed E-state index contributed by atoms with van der Waals surface area (Å²) in [6.07, 6.45) is -9.20. The summed E-state index contributed by atoms with van der Waals surface area (Å²) in [4.78, 5) is 21.6. The van der Waals surface area contributed by atoms with Crippen molar-refractivity contribution < 1.29 is 42.8 Å². The zero-order chi connectivity index (χ0) is 16.4. The molecule has 0 spiro atoms. The van der Waals surface area contributed by atoms with Crippen molar-refractivity contribution in [1.29, 1.82) is 0 Å². The number of rotatable bonds is 5. The summed E-state index contributed by atoms with van der Waals surface area (Å²) in [6.45, 7) is 0. The number of benzene rings is 1. The monoisotopic (exact) mass is 309 g/mol. The predicted octanol–water partition coefficient (Wildman–Crippen LogP) is 0.163. The minimum atomic E-state index is -5.08. The van der Waals surface area contributed by atoms with Crippen molar-refractivity contribution in [2.24, 2.45) is 5.73 Å². The number of amides is 1. The lowest BCUT2D eigenvalue weighted by Crippen LogP contribution is -2.34. The maximum Gasteiger partial charge on any atom is 0.573 e. The fourth-order valence-electron chi connectivity index (χ4n) is 1.45. The Balaban J connectivity index is 3.25. The topological polar surface area (TPSA) is 130 Å². The van der Waals surface area contributed by atoms with Crippen LogP contribution in [0.5, 0.6) is 5.75 Å².